The lowest BCUT2D eigenvalue weighted by molar-refractivity contribution is -0.118. The van der Waals surface area contributed by atoms with Gasteiger partial charge >= 0.3 is 0 Å². The lowest BCUT2D eigenvalue weighted by Gasteiger charge is -2.38. The van der Waals surface area contributed by atoms with Crippen molar-refractivity contribution in [2.75, 3.05) is 7.11 Å². The number of para-hydroxylation sites is 1. The molecule has 4 heteroatoms. The maximum atomic E-state index is 13.4. The van der Waals surface area contributed by atoms with E-state index in [0.29, 0.717) is 6.42 Å². The highest BCUT2D eigenvalue weighted by atomic mass is 16.5. The van der Waals surface area contributed by atoms with Crippen molar-refractivity contribution in [1.29, 1.82) is 0 Å². The van der Waals surface area contributed by atoms with E-state index >= 15 is 0 Å². The summed E-state index contributed by atoms with van der Waals surface area (Å²) in [5.74, 6) is 1.00. The maximum absolute atomic E-state index is 13.4. The first-order valence-corrected chi connectivity index (χ1v) is 10.5. The average Bonchev–Trinajstić information content (AvgIpc) is 2.99. The van der Waals surface area contributed by atoms with E-state index in [2.05, 4.69) is 45.8 Å². The Labute approximate surface area is 173 Å². The molecule has 1 aromatic heterocycles. The third kappa shape index (κ3) is 3.65. The van der Waals surface area contributed by atoms with Gasteiger partial charge < -0.3 is 4.74 Å². The molecule has 4 nitrogen and oxygen atoms in total. The molecule has 1 atom stereocenters. The number of fused-ring (bicyclic) bond motifs is 1. The van der Waals surface area contributed by atoms with Crippen LogP contribution in [0.5, 0.6) is 5.75 Å². The lowest BCUT2D eigenvalue weighted by Crippen LogP contribution is -2.32. The van der Waals surface area contributed by atoms with Crippen LogP contribution in [0.25, 0.3) is 0 Å². The van der Waals surface area contributed by atoms with E-state index in [9.17, 15) is 4.79 Å². The molecular formula is C25H32N2O2. The third-order valence-electron chi connectivity index (χ3n) is 6.09. The number of ketones is 1. The van der Waals surface area contributed by atoms with Crippen molar-refractivity contribution in [1.82, 2.24) is 10.2 Å². The second-order valence-corrected chi connectivity index (χ2v) is 10.6. The molecule has 0 spiro atoms. The molecule has 1 N–H and O–H groups in total. The number of hydrogen-bond donors (Lipinski definition) is 1. The molecule has 2 aromatic rings. The Morgan fingerprint density at radius 3 is 2.62 bits per heavy atom. The Morgan fingerprint density at radius 2 is 1.93 bits per heavy atom. The fourth-order valence-electron chi connectivity index (χ4n) is 5.10. The van der Waals surface area contributed by atoms with Gasteiger partial charge in [-0.1, -0.05) is 58.4 Å². The van der Waals surface area contributed by atoms with Crippen LogP contribution in [0.1, 0.15) is 75.9 Å². The molecular weight excluding hydrogens is 360 g/mol. The fourth-order valence-corrected chi connectivity index (χ4v) is 5.10. The van der Waals surface area contributed by atoms with Crippen LogP contribution in [-0.4, -0.2) is 23.1 Å². The van der Waals surface area contributed by atoms with Crippen LogP contribution in [0.3, 0.4) is 0 Å². The topological polar surface area (TPSA) is 55.0 Å². The number of allylic oxidation sites excluding steroid dienone is 2. The molecule has 1 heterocycles. The molecule has 0 bridgehead atoms. The largest absolute Gasteiger partial charge is 0.496 e. The van der Waals surface area contributed by atoms with E-state index in [1.165, 1.54) is 11.1 Å². The first kappa shape index (κ1) is 19.9. The van der Waals surface area contributed by atoms with E-state index in [1.54, 1.807) is 7.11 Å². The van der Waals surface area contributed by atoms with Crippen LogP contribution < -0.4 is 4.74 Å². The van der Waals surface area contributed by atoms with E-state index < -0.39 is 0 Å². The van der Waals surface area contributed by atoms with Crippen molar-refractivity contribution in [2.24, 2.45) is 10.8 Å². The summed E-state index contributed by atoms with van der Waals surface area (Å²) in [5.41, 5.74) is 6.86. The van der Waals surface area contributed by atoms with Gasteiger partial charge in [-0.05, 0) is 29.7 Å². The van der Waals surface area contributed by atoms with Crippen LogP contribution in [0.15, 0.2) is 35.4 Å². The highest BCUT2D eigenvalue weighted by Crippen LogP contribution is 2.51. The molecule has 29 heavy (non-hydrogen) atoms. The molecule has 4 rings (SSSR count). The monoisotopic (exact) mass is 392 g/mol. The second-order valence-electron chi connectivity index (χ2n) is 10.6. The van der Waals surface area contributed by atoms with Gasteiger partial charge in [0, 0.05) is 41.2 Å². The number of hydrogen-bond acceptors (Lipinski definition) is 3. The van der Waals surface area contributed by atoms with Crippen LogP contribution in [0.2, 0.25) is 0 Å². The predicted molar refractivity (Wildman–Crippen MR) is 115 cm³/mol. The van der Waals surface area contributed by atoms with Gasteiger partial charge in [-0.3, -0.25) is 9.89 Å². The number of aromatic nitrogens is 2. The summed E-state index contributed by atoms with van der Waals surface area (Å²) in [6.45, 7) is 11.1. The van der Waals surface area contributed by atoms with Crippen molar-refractivity contribution in [3.05, 3.63) is 57.9 Å². The molecule has 0 saturated heterocycles. The zero-order chi connectivity index (χ0) is 21.0. The molecule has 2 aliphatic carbocycles. The summed E-state index contributed by atoms with van der Waals surface area (Å²) in [7, 11) is 1.70. The number of rotatable bonds is 3. The molecule has 154 valence electrons. The lowest BCUT2D eigenvalue weighted by atomic mass is 9.64. The van der Waals surface area contributed by atoms with Crippen molar-refractivity contribution < 1.29 is 9.53 Å². The van der Waals surface area contributed by atoms with Gasteiger partial charge in [-0.25, -0.2) is 0 Å². The van der Waals surface area contributed by atoms with Gasteiger partial charge in [-0.2, -0.15) is 5.10 Å². The molecule has 0 saturated carbocycles. The van der Waals surface area contributed by atoms with E-state index in [1.807, 2.05) is 18.2 Å². The zero-order valence-electron chi connectivity index (χ0n) is 18.5. The molecule has 0 radical (unpaired) electrons. The minimum Gasteiger partial charge on any atom is -0.496 e. The third-order valence-corrected chi connectivity index (χ3v) is 6.09. The smallest absolute Gasteiger partial charge is 0.160 e. The molecule has 0 unspecified atom stereocenters. The highest BCUT2D eigenvalue weighted by Gasteiger charge is 2.43. The minimum atomic E-state index is -0.107. The molecule has 0 aliphatic heterocycles. The molecule has 0 fully saturated rings. The predicted octanol–water partition coefficient (Wildman–Crippen LogP) is 5.38. The fraction of sp³-hybridized carbons (Fsp3) is 0.520. The summed E-state index contributed by atoms with van der Waals surface area (Å²) in [4.78, 5) is 13.4. The number of carbonyl (C=O) groups excluding carboxylic acids is 1. The summed E-state index contributed by atoms with van der Waals surface area (Å²) in [6, 6.07) is 8.11. The van der Waals surface area contributed by atoms with Crippen LogP contribution >= 0.6 is 0 Å². The number of aromatic amines is 1. The first-order chi connectivity index (χ1) is 13.6. The van der Waals surface area contributed by atoms with Crippen LogP contribution in [0, 0.1) is 10.8 Å². The average molecular weight is 393 g/mol. The zero-order valence-corrected chi connectivity index (χ0v) is 18.5. The standard InChI is InChI=1S/C25H32N2O2/c1-24(2,3)13-18-23-17(26-27-18)11-15-12-25(4,5)14-19(28)21(15)22(23)16-9-7-8-10-20(16)29-6/h7-10,22H,11-14H2,1-6H3,(H,26,27)/t22-/m0/s1. The van der Waals surface area contributed by atoms with Crippen molar-refractivity contribution in [2.45, 2.75) is 66.2 Å². The van der Waals surface area contributed by atoms with Crippen molar-refractivity contribution in [3.8, 4) is 5.75 Å². The van der Waals surface area contributed by atoms with E-state index in [4.69, 9.17) is 9.84 Å². The number of carbonyl (C=O) groups is 1. The first-order valence-electron chi connectivity index (χ1n) is 10.5. The highest BCUT2D eigenvalue weighted by molar-refractivity contribution is 6.00. The SMILES string of the molecule is COc1ccccc1[C@H]1C2=C(Cc3[nH]nc(CC(C)(C)C)c31)CC(C)(C)CC2=O. The van der Waals surface area contributed by atoms with Crippen LogP contribution in [-0.2, 0) is 17.6 Å². The maximum Gasteiger partial charge on any atom is 0.160 e. The summed E-state index contributed by atoms with van der Waals surface area (Å²) in [5, 5.41) is 8.05. The molecule has 0 amide bonds. The number of ether oxygens (including phenoxy) is 1. The minimum absolute atomic E-state index is 0.00695. The Kier molecular flexibility index (Phi) is 4.71. The van der Waals surface area contributed by atoms with E-state index in [-0.39, 0.29) is 22.5 Å². The quantitative estimate of drug-likeness (QED) is 0.763. The van der Waals surface area contributed by atoms with Crippen molar-refractivity contribution in [3.63, 3.8) is 0 Å². The van der Waals surface area contributed by atoms with Crippen molar-refractivity contribution >= 4 is 5.78 Å². The number of nitrogens with zero attached hydrogens (tertiary/aromatic N) is 1. The number of H-pyrrole nitrogens is 1. The summed E-state index contributed by atoms with van der Waals surface area (Å²) < 4.78 is 5.72. The number of Topliss-reactive ketones (excluding diaryl/α,β-unsaturated/α-hetero) is 1. The molecule has 2 aliphatic rings. The number of methoxy groups -OCH3 is 1. The van der Waals surface area contributed by atoms with Crippen LogP contribution in [0.4, 0.5) is 0 Å². The molecule has 1 aromatic carbocycles. The Morgan fingerprint density at radius 1 is 1.21 bits per heavy atom. The van der Waals surface area contributed by atoms with Gasteiger partial charge in [0.05, 0.1) is 12.8 Å². The Bertz CT molecular complexity index is 988. The number of nitrogens with one attached hydrogen (secondary N) is 1. The number of benzene rings is 1. The van der Waals surface area contributed by atoms with Gasteiger partial charge in [0.25, 0.3) is 0 Å². The van der Waals surface area contributed by atoms with Gasteiger partial charge in [-0.15, -0.1) is 0 Å². The second kappa shape index (κ2) is 6.86. The van der Waals surface area contributed by atoms with E-state index in [0.717, 1.165) is 47.5 Å². The normalized spacial score (nSPS) is 21.0. The summed E-state index contributed by atoms with van der Waals surface area (Å²) >= 11 is 0. The Hall–Kier alpha value is -2.36. The Balaban J connectivity index is 1.95. The summed E-state index contributed by atoms with van der Waals surface area (Å²) in [6.07, 6.45) is 3.21. The van der Waals surface area contributed by atoms with Gasteiger partial charge in [0.2, 0.25) is 0 Å². The van der Waals surface area contributed by atoms with Gasteiger partial charge in [0.15, 0.2) is 5.78 Å². The van der Waals surface area contributed by atoms with Gasteiger partial charge in [0.1, 0.15) is 5.75 Å².